The number of nitrogens with one attached hydrogen (secondary N) is 1. The van der Waals surface area contributed by atoms with Gasteiger partial charge in [0.1, 0.15) is 0 Å². The minimum Gasteiger partial charge on any atom is -0.481 e. The van der Waals surface area contributed by atoms with E-state index in [-0.39, 0.29) is 12.0 Å². The van der Waals surface area contributed by atoms with Crippen molar-refractivity contribution in [3.8, 4) is 5.88 Å². The molecule has 0 amide bonds. The van der Waals surface area contributed by atoms with Crippen LogP contribution in [0.5, 0.6) is 5.88 Å². The van der Waals surface area contributed by atoms with Crippen LogP contribution in [0.3, 0.4) is 0 Å². The van der Waals surface area contributed by atoms with Crippen LogP contribution in [-0.2, 0) is 4.79 Å². The predicted octanol–water partition coefficient (Wildman–Crippen LogP) is 2.57. The van der Waals surface area contributed by atoms with E-state index in [4.69, 9.17) is 9.84 Å². The fourth-order valence-electron chi connectivity index (χ4n) is 1.79. The summed E-state index contributed by atoms with van der Waals surface area (Å²) in [5.74, 6) is 0.0597. The van der Waals surface area contributed by atoms with Gasteiger partial charge < -0.3 is 15.2 Å². The number of hydrogen-bond acceptors (Lipinski definition) is 5. The van der Waals surface area contributed by atoms with Gasteiger partial charge in [-0.25, -0.2) is 4.98 Å². The first-order valence-electron chi connectivity index (χ1n) is 6.98. The molecule has 0 spiro atoms. The Morgan fingerprint density at radius 1 is 1.45 bits per heavy atom. The Hall–Kier alpha value is -1.85. The maximum atomic E-state index is 10.7. The van der Waals surface area contributed by atoms with Crippen LogP contribution < -0.4 is 10.1 Å². The molecule has 1 aromatic rings. The fraction of sp³-hybridized carbons (Fsp3) is 0.643. The molecule has 0 aliphatic carbocycles. The summed E-state index contributed by atoms with van der Waals surface area (Å²) in [6.07, 6.45) is 4.06. The second-order valence-electron chi connectivity index (χ2n) is 4.87. The summed E-state index contributed by atoms with van der Waals surface area (Å²) in [5.41, 5.74) is 0. The van der Waals surface area contributed by atoms with Crippen molar-refractivity contribution < 1.29 is 14.6 Å². The SMILES string of the molecule is CCOc1ccnc(NC(C)CCCC(C)C(=O)O)n1. The van der Waals surface area contributed by atoms with E-state index in [0.29, 0.717) is 24.9 Å². The molecule has 0 saturated carbocycles. The van der Waals surface area contributed by atoms with Gasteiger partial charge in [0.2, 0.25) is 11.8 Å². The zero-order chi connectivity index (χ0) is 15.0. The van der Waals surface area contributed by atoms with Crippen molar-refractivity contribution in [2.24, 2.45) is 5.92 Å². The van der Waals surface area contributed by atoms with Crippen LogP contribution in [0.1, 0.15) is 40.0 Å². The first-order chi connectivity index (χ1) is 9.52. The molecule has 6 heteroatoms. The zero-order valence-electron chi connectivity index (χ0n) is 12.3. The Morgan fingerprint density at radius 3 is 2.85 bits per heavy atom. The van der Waals surface area contributed by atoms with Crippen molar-refractivity contribution in [1.29, 1.82) is 0 Å². The molecule has 1 aromatic heterocycles. The number of carboxylic acid groups (broad SMARTS) is 1. The van der Waals surface area contributed by atoms with Crippen LogP contribution in [0, 0.1) is 5.92 Å². The van der Waals surface area contributed by atoms with Crippen LogP contribution in [-0.4, -0.2) is 33.7 Å². The molecular weight excluding hydrogens is 258 g/mol. The summed E-state index contributed by atoms with van der Waals surface area (Å²) < 4.78 is 5.31. The van der Waals surface area contributed by atoms with Gasteiger partial charge in [0.15, 0.2) is 0 Å². The highest BCUT2D eigenvalue weighted by Gasteiger charge is 2.11. The van der Waals surface area contributed by atoms with Gasteiger partial charge in [-0.1, -0.05) is 13.3 Å². The zero-order valence-corrected chi connectivity index (χ0v) is 12.3. The lowest BCUT2D eigenvalue weighted by molar-refractivity contribution is -0.141. The molecule has 0 bridgehead atoms. The van der Waals surface area contributed by atoms with E-state index in [1.54, 1.807) is 19.2 Å². The summed E-state index contributed by atoms with van der Waals surface area (Å²) >= 11 is 0. The van der Waals surface area contributed by atoms with Gasteiger partial charge in [0.25, 0.3) is 0 Å². The van der Waals surface area contributed by atoms with Crippen molar-refractivity contribution in [1.82, 2.24) is 9.97 Å². The maximum Gasteiger partial charge on any atom is 0.306 e. The number of nitrogens with zero attached hydrogens (tertiary/aromatic N) is 2. The highest BCUT2D eigenvalue weighted by Crippen LogP contribution is 2.13. The quantitative estimate of drug-likeness (QED) is 0.723. The molecule has 0 radical (unpaired) electrons. The molecule has 0 aromatic carbocycles. The van der Waals surface area contributed by atoms with Crippen molar-refractivity contribution in [3.05, 3.63) is 12.3 Å². The van der Waals surface area contributed by atoms with E-state index in [1.165, 1.54) is 0 Å². The van der Waals surface area contributed by atoms with Crippen LogP contribution >= 0.6 is 0 Å². The normalized spacial score (nSPS) is 13.6. The molecule has 2 atom stereocenters. The van der Waals surface area contributed by atoms with Crippen LogP contribution in [0.2, 0.25) is 0 Å². The van der Waals surface area contributed by atoms with E-state index in [0.717, 1.165) is 12.8 Å². The van der Waals surface area contributed by atoms with Crippen LogP contribution in [0.15, 0.2) is 12.3 Å². The molecule has 112 valence electrons. The van der Waals surface area contributed by atoms with Gasteiger partial charge in [-0.15, -0.1) is 0 Å². The lowest BCUT2D eigenvalue weighted by Gasteiger charge is -2.14. The summed E-state index contributed by atoms with van der Waals surface area (Å²) in [5, 5.41) is 12.0. The van der Waals surface area contributed by atoms with Gasteiger partial charge in [-0.3, -0.25) is 4.79 Å². The minimum atomic E-state index is -0.738. The van der Waals surface area contributed by atoms with Crippen molar-refractivity contribution >= 4 is 11.9 Å². The molecule has 1 rings (SSSR count). The Balaban J connectivity index is 2.36. The van der Waals surface area contributed by atoms with Crippen molar-refractivity contribution in [2.75, 3.05) is 11.9 Å². The van der Waals surface area contributed by atoms with Crippen LogP contribution in [0.4, 0.5) is 5.95 Å². The third kappa shape index (κ3) is 5.86. The third-order valence-electron chi connectivity index (χ3n) is 2.99. The Morgan fingerprint density at radius 2 is 2.20 bits per heavy atom. The number of aromatic nitrogens is 2. The fourth-order valence-corrected chi connectivity index (χ4v) is 1.79. The van der Waals surface area contributed by atoms with E-state index < -0.39 is 5.97 Å². The second-order valence-corrected chi connectivity index (χ2v) is 4.87. The lowest BCUT2D eigenvalue weighted by atomic mass is 10.0. The Bertz CT molecular complexity index is 426. The Kier molecular flexibility index (Phi) is 6.76. The highest BCUT2D eigenvalue weighted by molar-refractivity contribution is 5.69. The third-order valence-corrected chi connectivity index (χ3v) is 2.99. The van der Waals surface area contributed by atoms with Gasteiger partial charge in [0, 0.05) is 18.3 Å². The minimum absolute atomic E-state index is 0.188. The monoisotopic (exact) mass is 281 g/mol. The lowest BCUT2D eigenvalue weighted by Crippen LogP contribution is -2.18. The van der Waals surface area contributed by atoms with Crippen molar-refractivity contribution in [3.63, 3.8) is 0 Å². The van der Waals surface area contributed by atoms with E-state index in [1.807, 2.05) is 13.8 Å². The average molecular weight is 281 g/mol. The number of ether oxygens (including phenoxy) is 1. The largest absolute Gasteiger partial charge is 0.481 e. The van der Waals surface area contributed by atoms with E-state index >= 15 is 0 Å². The highest BCUT2D eigenvalue weighted by atomic mass is 16.5. The van der Waals surface area contributed by atoms with Crippen molar-refractivity contribution in [2.45, 2.75) is 46.1 Å². The van der Waals surface area contributed by atoms with E-state index in [9.17, 15) is 4.79 Å². The number of aliphatic carboxylic acids is 1. The number of rotatable bonds is 9. The summed E-state index contributed by atoms with van der Waals surface area (Å²) in [6, 6.07) is 1.90. The summed E-state index contributed by atoms with van der Waals surface area (Å²) in [4.78, 5) is 19.1. The second kappa shape index (κ2) is 8.35. The van der Waals surface area contributed by atoms with Gasteiger partial charge in [-0.05, 0) is 26.7 Å². The number of hydrogen-bond donors (Lipinski definition) is 2. The molecule has 0 aliphatic rings. The van der Waals surface area contributed by atoms with Gasteiger partial charge in [-0.2, -0.15) is 4.98 Å². The summed E-state index contributed by atoms with van der Waals surface area (Å²) in [6.45, 7) is 6.23. The maximum absolute atomic E-state index is 10.7. The summed E-state index contributed by atoms with van der Waals surface area (Å²) in [7, 11) is 0. The van der Waals surface area contributed by atoms with Crippen LogP contribution in [0.25, 0.3) is 0 Å². The molecule has 0 aliphatic heterocycles. The average Bonchev–Trinajstić information content (AvgIpc) is 2.39. The molecule has 2 unspecified atom stereocenters. The molecule has 0 fully saturated rings. The predicted molar refractivity (Wildman–Crippen MR) is 76.9 cm³/mol. The first kappa shape index (κ1) is 16.2. The van der Waals surface area contributed by atoms with Gasteiger partial charge in [0.05, 0.1) is 12.5 Å². The van der Waals surface area contributed by atoms with Gasteiger partial charge >= 0.3 is 5.97 Å². The molecule has 1 heterocycles. The topological polar surface area (TPSA) is 84.3 Å². The number of carboxylic acids is 1. The number of anilines is 1. The molecular formula is C14H23N3O3. The molecule has 0 saturated heterocycles. The first-order valence-corrected chi connectivity index (χ1v) is 6.98. The number of carbonyl (C=O) groups is 1. The van der Waals surface area contributed by atoms with E-state index in [2.05, 4.69) is 15.3 Å². The molecule has 20 heavy (non-hydrogen) atoms. The Labute approximate surface area is 119 Å². The standard InChI is InChI=1S/C14H23N3O3/c1-4-20-12-8-9-15-14(17-12)16-11(3)7-5-6-10(2)13(18)19/h8-11H,4-7H2,1-3H3,(H,18,19)(H,15,16,17). The molecule has 6 nitrogen and oxygen atoms in total. The smallest absolute Gasteiger partial charge is 0.306 e. The molecule has 2 N–H and O–H groups in total.